The highest BCUT2D eigenvalue weighted by molar-refractivity contribution is 6.07. The fourth-order valence-corrected chi connectivity index (χ4v) is 3.57. The number of carbonyl (C=O) groups is 2. The average molecular weight is 388 g/mol. The summed E-state index contributed by atoms with van der Waals surface area (Å²) in [7, 11) is 0. The van der Waals surface area contributed by atoms with Crippen molar-refractivity contribution in [1.29, 1.82) is 0 Å². The Morgan fingerprint density at radius 1 is 1.07 bits per heavy atom. The van der Waals surface area contributed by atoms with Gasteiger partial charge in [-0.1, -0.05) is 30.3 Å². The van der Waals surface area contributed by atoms with Crippen LogP contribution in [0.3, 0.4) is 0 Å². The van der Waals surface area contributed by atoms with Crippen LogP contribution in [-0.4, -0.2) is 25.0 Å². The lowest BCUT2D eigenvalue weighted by Gasteiger charge is -2.26. The molecule has 4 rings (SSSR count). The molecular formula is C24H24N2O3. The number of carbonyl (C=O) groups excluding carboxylic acids is 2. The predicted octanol–water partition coefficient (Wildman–Crippen LogP) is 4.86. The van der Waals surface area contributed by atoms with Crippen LogP contribution in [0.4, 0.5) is 11.4 Å². The third kappa shape index (κ3) is 3.56. The molecule has 3 aromatic rings. The van der Waals surface area contributed by atoms with Gasteiger partial charge < -0.3 is 15.0 Å². The molecule has 2 amide bonds. The summed E-state index contributed by atoms with van der Waals surface area (Å²) in [6.45, 7) is 6.55. The number of fused-ring (bicyclic) bond motifs is 2. The molecule has 29 heavy (non-hydrogen) atoms. The van der Waals surface area contributed by atoms with Crippen LogP contribution in [0.25, 0.3) is 10.8 Å². The molecule has 1 N–H and O–H groups in total. The third-order valence-electron chi connectivity index (χ3n) is 5.25. The molecule has 0 aromatic heterocycles. The number of benzene rings is 3. The van der Waals surface area contributed by atoms with Crippen LogP contribution < -0.4 is 15.0 Å². The van der Waals surface area contributed by atoms with E-state index in [4.69, 9.17) is 4.74 Å². The number of hydrogen-bond acceptors (Lipinski definition) is 3. The van der Waals surface area contributed by atoms with E-state index in [2.05, 4.69) is 5.32 Å². The first-order valence-electron chi connectivity index (χ1n) is 9.78. The summed E-state index contributed by atoms with van der Waals surface area (Å²) >= 11 is 0. The van der Waals surface area contributed by atoms with E-state index in [1.54, 1.807) is 17.0 Å². The molecule has 3 aromatic carbocycles. The van der Waals surface area contributed by atoms with Crippen LogP contribution >= 0.6 is 0 Å². The molecule has 5 heteroatoms. The van der Waals surface area contributed by atoms with Crippen LogP contribution in [0, 0.1) is 5.41 Å². The molecule has 0 bridgehead atoms. The van der Waals surface area contributed by atoms with Crippen molar-refractivity contribution in [2.24, 2.45) is 5.41 Å². The van der Waals surface area contributed by atoms with Crippen molar-refractivity contribution in [1.82, 2.24) is 0 Å². The van der Waals surface area contributed by atoms with E-state index in [-0.39, 0.29) is 18.4 Å². The minimum atomic E-state index is -0.608. The number of nitrogens with one attached hydrogen (secondary N) is 1. The Labute approximate surface area is 170 Å². The van der Waals surface area contributed by atoms with E-state index in [0.29, 0.717) is 23.5 Å². The van der Waals surface area contributed by atoms with Gasteiger partial charge in [-0.3, -0.25) is 9.59 Å². The zero-order chi connectivity index (χ0) is 20.6. The van der Waals surface area contributed by atoms with E-state index in [9.17, 15) is 9.59 Å². The molecule has 0 aliphatic carbocycles. The Balaban J connectivity index is 1.61. The summed E-state index contributed by atoms with van der Waals surface area (Å²) in [5, 5.41) is 5.05. The number of anilines is 2. The first kappa shape index (κ1) is 19.0. The number of nitrogens with zero attached hydrogens (tertiary/aromatic N) is 1. The first-order valence-corrected chi connectivity index (χ1v) is 9.78. The monoisotopic (exact) mass is 388 g/mol. The second-order valence-electron chi connectivity index (χ2n) is 7.92. The van der Waals surface area contributed by atoms with Crippen molar-refractivity contribution in [3.8, 4) is 5.75 Å². The molecule has 5 nitrogen and oxygen atoms in total. The van der Waals surface area contributed by atoms with Gasteiger partial charge in [0.1, 0.15) is 12.4 Å². The van der Waals surface area contributed by atoms with Crippen LogP contribution in [-0.2, 0) is 4.79 Å². The fraction of sp³-hybridized carbons (Fsp3) is 0.250. The molecule has 0 unspecified atom stereocenters. The van der Waals surface area contributed by atoms with Crippen molar-refractivity contribution < 1.29 is 14.3 Å². The van der Waals surface area contributed by atoms with Crippen molar-refractivity contribution >= 4 is 34.0 Å². The summed E-state index contributed by atoms with van der Waals surface area (Å²) in [4.78, 5) is 27.3. The smallest absolute Gasteiger partial charge is 0.255 e. The standard InChI is InChI=1S/C24H24N2O3/c1-4-26-20-12-11-19(14-21(20)29-15-24(2,3)23(26)28)25-22(27)18-10-9-16-7-5-6-8-17(16)13-18/h5-14H,4,15H2,1-3H3,(H,25,27). The average Bonchev–Trinajstić information content (AvgIpc) is 2.82. The molecule has 148 valence electrons. The van der Waals surface area contributed by atoms with Gasteiger partial charge in [-0.15, -0.1) is 0 Å². The molecule has 0 saturated carbocycles. The highest BCUT2D eigenvalue weighted by Gasteiger charge is 2.37. The maximum Gasteiger partial charge on any atom is 0.255 e. The second kappa shape index (κ2) is 7.24. The summed E-state index contributed by atoms with van der Waals surface area (Å²) in [5.74, 6) is 0.446. The van der Waals surface area contributed by atoms with Crippen LogP contribution in [0.5, 0.6) is 5.75 Å². The number of rotatable bonds is 3. The van der Waals surface area contributed by atoms with Gasteiger partial charge in [0.15, 0.2) is 0 Å². The molecule has 0 atom stereocenters. The van der Waals surface area contributed by atoms with E-state index in [1.807, 2.05) is 69.3 Å². The minimum Gasteiger partial charge on any atom is -0.490 e. The molecule has 0 radical (unpaired) electrons. The molecular weight excluding hydrogens is 364 g/mol. The fourth-order valence-electron chi connectivity index (χ4n) is 3.57. The van der Waals surface area contributed by atoms with Crippen molar-refractivity contribution in [3.63, 3.8) is 0 Å². The number of ether oxygens (including phenoxy) is 1. The zero-order valence-corrected chi connectivity index (χ0v) is 16.9. The van der Waals surface area contributed by atoms with Crippen LogP contribution in [0.2, 0.25) is 0 Å². The Morgan fingerprint density at radius 2 is 1.83 bits per heavy atom. The summed E-state index contributed by atoms with van der Waals surface area (Å²) < 4.78 is 5.94. The van der Waals surface area contributed by atoms with Gasteiger partial charge in [0.2, 0.25) is 5.91 Å². The Bertz CT molecular complexity index is 1100. The van der Waals surface area contributed by atoms with Gasteiger partial charge in [-0.2, -0.15) is 0 Å². The van der Waals surface area contributed by atoms with E-state index in [0.717, 1.165) is 16.5 Å². The van der Waals surface area contributed by atoms with Gasteiger partial charge >= 0.3 is 0 Å². The summed E-state index contributed by atoms with van der Waals surface area (Å²) in [6, 6.07) is 19.0. The molecule has 0 fully saturated rings. The van der Waals surface area contributed by atoms with Crippen molar-refractivity contribution in [3.05, 3.63) is 66.2 Å². The van der Waals surface area contributed by atoms with Crippen molar-refractivity contribution in [2.75, 3.05) is 23.4 Å². The van der Waals surface area contributed by atoms with Gasteiger partial charge in [0, 0.05) is 23.9 Å². The van der Waals surface area contributed by atoms with Gasteiger partial charge in [-0.25, -0.2) is 0 Å². The lowest BCUT2D eigenvalue weighted by molar-refractivity contribution is -0.127. The van der Waals surface area contributed by atoms with E-state index in [1.165, 1.54) is 0 Å². The maximum atomic E-state index is 12.8. The second-order valence-corrected chi connectivity index (χ2v) is 7.92. The molecule has 1 aliphatic heterocycles. The molecule has 0 saturated heterocycles. The Morgan fingerprint density at radius 3 is 2.59 bits per heavy atom. The van der Waals surface area contributed by atoms with Crippen LogP contribution in [0.15, 0.2) is 60.7 Å². The van der Waals surface area contributed by atoms with Gasteiger partial charge in [0.05, 0.1) is 11.1 Å². The highest BCUT2D eigenvalue weighted by Crippen LogP contribution is 2.38. The minimum absolute atomic E-state index is 0.0340. The zero-order valence-electron chi connectivity index (χ0n) is 16.9. The van der Waals surface area contributed by atoms with E-state index < -0.39 is 5.41 Å². The van der Waals surface area contributed by atoms with E-state index >= 15 is 0 Å². The lowest BCUT2D eigenvalue weighted by atomic mass is 9.93. The molecule has 1 heterocycles. The normalized spacial score (nSPS) is 15.4. The summed E-state index contributed by atoms with van der Waals surface area (Å²) in [5.41, 5.74) is 1.34. The van der Waals surface area contributed by atoms with Gasteiger partial charge in [-0.05, 0) is 55.8 Å². The quantitative estimate of drug-likeness (QED) is 0.697. The van der Waals surface area contributed by atoms with Crippen LogP contribution in [0.1, 0.15) is 31.1 Å². The largest absolute Gasteiger partial charge is 0.490 e. The SMILES string of the molecule is CCN1C(=O)C(C)(C)COc2cc(NC(=O)c3ccc4ccccc4c3)ccc21. The third-order valence-corrected chi connectivity index (χ3v) is 5.25. The Hall–Kier alpha value is -3.34. The predicted molar refractivity (Wildman–Crippen MR) is 116 cm³/mol. The van der Waals surface area contributed by atoms with Gasteiger partial charge in [0.25, 0.3) is 5.91 Å². The number of amides is 2. The maximum absolute atomic E-state index is 12.8. The molecule has 1 aliphatic rings. The Kier molecular flexibility index (Phi) is 4.74. The highest BCUT2D eigenvalue weighted by atomic mass is 16.5. The molecule has 0 spiro atoms. The number of hydrogen-bond donors (Lipinski definition) is 1. The summed E-state index contributed by atoms with van der Waals surface area (Å²) in [6.07, 6.45) is 0. The van der Waals surface area contributed by atoms with Crippen molar-refractivity contribution in [2.45, 2.75) is 20.8 Å². The topological polar surface area (TPSA) is 58.6 Å². The lowest BCUT2D eigenvalue weighted by Crippen LogP contribution is -2.42. The first-order chi connectivity index (χ1) is 13.9.